The molecule has 0 atom stereocenters. The number of phenolic OH excluding ortho intramolecular Hbond substituents is 1. The molecule has 0 fully saturated rings. The highest BCUT2D eigenvalue weighted by atomic mass is 32.2. The third-order valence-electron chi connectivity index (χ3n) is 5.18. The molecule has 0 aliphatic carbocycles. The van der Waals surface area contributed by atoms with Crippen molar-refractivity contribution in [3.8, 4) is 5.75 Å². The van der Waals surface area contributed by atoms with E-state index < -0.39 is 10.1 Å². The Labute approximate surface area is 166 Å². The predicted molar refractivity (Wildman–Crippen MR) is 110 cm³/mol. The highest BCUT2D eigenvalue weighted by molar-refractivity contribution is 7.85. The lowest BCUT2D eigenvalue weighted by Gasteiger charge is -2.15. The van der Waals surface area contributed by atoms with Crippen LogP contribution in [0.15, 0.2) is 54.6 Å². The monoisotopic (exact) mass is 399 g/mol. The minimum atomic E-state index is -4.18. The molecule has 1 heterocycles. The number of hydrogen-bond donors (Lipinski definition) is 1. The van der Waals surface area contributed by atoms with Crippen molar-refractivity contribution < 1.29 is 22.7 Å². The van der Waals surface area contributed by atoms with E-state index in [0.717, 1.165) is 17.0 Å². The highest BCUT2D eigenvalue weighted by Crippen LogP contribution is 2.40. The summed E-state index contributed by atoms with van der Waals surface area (Å²) in [5.41, 5.74) is 3.86. The molecule has 0 saturated heterocycles. The van der Waals surface area contributed by atoms with E-state index in [1.54, 1.807) is 12.1 Å². The molecular formula is C22H25NO4S. The number of phenols is 1. The molecule has 0 saturated carbocycles. The van der Waals surface area contributed by atoms with Crippen LogP contribution in [0, 0.1) is 0 Å². The van der Waals surface area contributed by atoms with Crippen molar-refractivity contribution in [1.29, 1.82) is 0 Å². The van der Waals surface area contributed by atoms with Gasteiger partial charge in [-0.1, -0.05) is 36.4 Å². The van der Waals surface area contributed by atoms with Crippen molar-refractivity contribution >= 4 is 27.6 Å². The lowest BCUT2D eigenvalue weighted by atomic mass is 9.81. The van der Waals surface area contributed by atoms with Crippen LogP contribution in [-0.4, -0.2) is 40.7 Å². The van der Waals surface area contributed by atoms with Gasteiger partial charge < -0.3 is 9.66 Å². The number of nitrogens with zero attached hydrogens (tertiary/aromatic N) is 1. The first-order valence-electron chi connectivity index (χ1n) is 9.34. The van der Waals surface area contributed by atoms with Gasteiger partial charge in [0.1, 0.15) is 12.3 Å². The Kier molecular flexibility index (Phi) is 5.72. The van der Waals surface area contributed by atoms with E-state index in [4.69, 9.17) is 0 Å². The average molecular weight is 400 g/mol. The summed E-state index contributed by atoms with van der Waals surface area (Å²) in [7, 11) is -4.18. The first kappa shape index (κ1) is 20.3. The van der Waals surface area contributed by atoms with Crippen molar-refractivity contribution in [2.45, 2.75) is 32.1 Å². The number of aromatic hydroxyl groups is 1. The van der Waals surface area contributed by atoms with E-state index in [-0.39, 0.29) is 16.9 Å². The van der Waals surface area contributed by atoms with Crippen molar-refractivity contribution in [2.24, 2.45) is 0 Å². The highest BCUT2D eigenvalue weighted by Gasteiger charge is 2.43. The van der Waals surface area contributed by atoms with Crippen LogP contribution in [0.2, 0.25) is 0 Å². The van der Waals surface area contributed by atoms with E-state index in [1.165, 1.54) is 5.56 Å². The van der Waals surface area contributed by atoms with Crippen LogP contribution in [-0.2, 0) is 15.5 Å². The Bertz CT molecular complexity index is 1040. The topological polar surface area (TPSA) is 80.4 Å². The van der Waals surface area contributed by atoms with Gasteiger partial charge in [-0.2, -0.15) is 4.58 Å². The van der Waals surface area contributed by atoms with E-state index in [9.17, 15) is 18.1 Å². The maximum atomic E-state index is 10.9. The lowest BCUT2D eigenvalue weighted by molar-refractivity contribution is -0.438. The first-order valence-corrected chi connectivity index (χ1v) is 10.9. The zero-order chi connectivity index (χ0) is 20.4. The molecule has 28 heavy (non-hydrogen) atoms. The largest absolute Gasteiger partial charge is 0.748 e. The summed E-state index contributed by atoms with van der Waals surface area (Å²) in [5.74, 6) is -0.116. The fourth-order valence-corrected chi connectivity index (χ4v) is 4.29. The summed E-state index contributed by atoms with van der Waals surface area (Å²) in [6.45, 7) is 4.92. The molecule has 2 aromatic rings. The molecule has 0 radical (unpaired) electrons. The summed E-state index contributed by atoms with van der Waals surface area (Å²) < 4.78 is 34.8. The third-order valence-corrected chi connectivity index (χ3v) is 5.97. The van der Waals surface area contributed by atoms with Crippen molar-refractivity contribution in [1.82, 2.24) is 0 Å². The van der Waals surface area contributed by atoms with Crippen molar-refractivity contribution in [2.75, 3.05) is 12.3 Å². The van der Waals surface area contributed by atoms with Gasteiger partial charge in [0.15, 0.2) is 5.71 Å². The molecule has 1 aliphatic heterocycles. The molecule has 0 amide bonds. The van der Waals surface area contributed by atoms with Crippen LogP contribution >= 0.6 is 0 Å². The van der Waals surface area contributed by atoms with Crippen LogP contribution in [0.25, 0.3) is 6.08 Å². The molecule has 6 heteroatoms. The molecule has 1 N–H and O–H groups in total. The molecular weight excluding hydrogens is 374 g/mol. The van der Waals surface area contributed by atoms with E-state index in [1.807, 2.05) is 36.4 Å². The maximum absolute atomic E-state index is 10.9. The van der Waals surface area contributed by atoms with Crippen LogP contribution < -0.4 is 0 Å². The number of para-hydroxylation sites is 2. The zero-order valence-electron chi connectivity index (χ0n) is 16.1. The van der Waals surface area contributed by atoms with Gasteiger partial charge in [0.05, 0.1) is 15.5 Å². The number of fused-ring (bicyclic) bond motifs is 1. The van der Waals surface area contributed by atoms with Crippen LogP contribution in [0.3, 0.4) is 0 Å². The van der Waals surface area contributed by atoms with Gasteiger partial charge in [0.25, 0.3) is 0 Å². The summed E-state index contributed by atoms with van der Waals surface area (Å²) in [6, 6.07) is 15.3. The molecule has 2 aromatic carbocycles. The summed E-state index contributed by atoms with van der Waals surface area (Å²) >= 11 is 0. The van der Waals surface area contributed by atoms with Gasteiger partial charge >= 0.3 is 0 Å². The predicted octanol–water partition coefficient (Wildman–Crippen LogP) is 3.81. The van der Waals surface area contributed by atoms with E-state index >= 15 is 0 Å². The summed E-state index contributed by atoms with van der Waals surface area (Å²) in [6.07, 6.45) is 4.84. The Morgan fingerprint density at radius 1 is 1.04 bits per heavy atom. The second-order valence-electron chi connectivity index (χ2n) is 7.54. The number of rotatable bonds is 7. The van der Waals surface area contributed by atoms with Gasteiger partial charge in [-0.15, -0.1) is 0 Å². The minimum Gasteiger partial charge on any atom is -0.748 e. The van der Waals surface area contributed by atoms with Gasteiger partial charge in [0, 0.05) is 35.4 Å². The standard InChI is InChI=1S/C22H25NO4S/c1-22(2)18-10-4-5-11-19(18)23(15-7-8-16-28(25,26)27)21(22)14-13-17-9-3-6-12-20(17)24/h3-6,9-14H,7-8,15-16H2,1-2H3,(H,25,26,27). The molecule has 148 valence electrons. The van der Waals surface area contributed by atoms with Crippen LogP contribution in [0.4, 0.5) is 5.69 Å². The second-order valence-corrected chi connectivity index (χ2v) is 9.06. The molecule has 3 rings (SSSR count). The fraction of sp³-hybridized carbons (Fsp3) is 0.318. The quantitative estimate of drug-likeness (QED) is 0.436. The van der Waals surface area contributed by atoms with Gasteiger partial charge in [-0.25, -0.2) is 8.42 Å². The Hall–Kier alpha value is -2.44. The average Bonchev–Trinajstić information content (AvgIpc) is 2.84. The van der Waals surface area contributed by atoms with Gasteiger partial charge in [-0.05, 0) is 32.4 Å². The molecule has 0 spiro atoms. The zero-order valence-corrected chi connectivity index (χ0v) is 16.9. The fourth-order valence-electron chi connectivity index (χ4n) is 3.73. The van der Waals surface area contributed by atoms with Crippen LogP contribution in [0.5, 0.6) is 5.75 Å². The summed E-state index contributed by atoms with van der Waals surface area (Å²) in [4.78, 5) is 0. The van der Waals surface area contributed by atoms with Gasteiger partial charge in [0.2, 0.25) is 5.69 Å². The summed E-state index contributed by atoms with van der Waals surface area (Å²) in [5, 5.41) is 10.0. The van der Waals surface area contributed by atoms with Crippen LogP contribution in [0.1, 0.15) is 37.8 Å². The van der Waals surface area contributed by atoms with Crippen molar-refractivity contribution in [3.05, 3.63) is 65.7 Å². The molecule has 0 bridgehead atoms. The second kappa shape index (κ2) is 7.89. The van der Waals surface area contributed by atoms with Gasteiger partial charge in [-0.3, -0.25) is 0 Å². The lowest BCUT2D eigenvalue weighted by Crippen LogP contribution is -2.28. The van der Waals surface area contributed by atoms with Crippen molar-refractivity contribution in [3.63, 3.8) is 0 Å². The number of hydrogen-bond acceptors (Lipinski definition) is 4. The smallest absolute Gasteiger partial charge is 0.209 e. The number of benzene rings is 2. The molecule has 1 aliphatic rings. The Morgan fingerprint density at radius 2 is 1.71 bits per heavy atom. The minimum absolute atomic E-state index is 0.222. The third kappa shape index (κ3) is 4.34. The maximum Gasteiger partial charge on any atom is 0.209 e. The van der Waals surface area contributed by atoms with E-state index in [2.05, 4.69) is 30.6 Å². The molecule has 0 aromatic heterocycles. The number of unbranched alkanes of at least 4 members (excludes halogenated alkanes) is 1. The normalized spacial score (nSPS) is 16.0. The first-order chi connectivity index (χ1) is 13.2. The van der Waals surface area contributed by atoms with E-state index in [0.29, 0.717) is 19.4 Å². The Morgan fingerprint density at radius 3 is 2.43 bits per heavy atom. The SMILES string of the molecule is CC1(C)C(/C=C/c2ccccc2O)=[N+](CCCCS(=O)(=O)[O-])c2ccccc21. The molecule has 0 unspecified atom stereocenters. The number of allylic oxidation sites excluding steroid dienone is 1. The molecule has 5 nitrogen and oxygen atoms in total. The Balaban J connectivity index is 1.94.